The van der Waals surface area contributed by atoms with E-state index in [9.17, 15) is 9.90 Å². The van der Waals surface area contributed by atoms with Crippen molar-refractivity contribution in [1.82, 2.24) is 0 Å². The highest BCUT2D eigenvalue weighted by Gasteiger charge is 2.27. The molecule has 0 spiro atoms. The van der Waals surface area contributed by atoms with Crippen molar-refractivity contribution in [2.75, 3.05) is 0 Å². The lowest BCUT2D eigenvalue weighted by molar-refractivity contribution is -0.121. The van der Waals surface area contributed by atoms with Crippen molar-refractivity contribution < 1.29 is 9.90 Å². The van der Waals surface area contributed by atoms with Gasteiger partial charge in [0, 0.05) is 12.3 Å². The first-order chi connectivity index (χ1) is 6.15. The zero-order valence-corrected chi connectivity index (χ0v) is 7.86. The molecule has 0 aromatic carbocycles. The zero-order chi connectivity index (χ0) is 9.84. The molecular formula is C10H15NO2. The fourth-order valence-electron chi connectivity index (χ4n) is 1.84. The van der Waals surface area contributed by atoms with Crippen LogP contribution >= 0.6 is 0 Å². The second kappa shape index (κ2) is 4.38. The molecule has 1 saturated carbocycles. The molecule has 13 heavy (non-hydrogen) atoms. The van der Waals surface area contributed by atoms with Crippen LogP contribution in [0.2, 0.25) is 0 Å². The van der Waals surface area contributed by atoms with Gasteiger partial charge in [0.15, 0.2) is 0 Å². The highest BCUT2D eigenvalue weighted by molar-refractivity contribution is 5.82. The number of nitriles is 1. The SMILES string of the molecule is C[C@@H](C[C@@H]1CCCC1=O)C(O)C#N. The smallest absolute Gasteiger partial charge is 0.143 e. The standard InChI is InChI=1S/C10H15NO2/c1-7(10(13)6-11)5-8-3-2-4-9(8)12/h7-8,10,13H,2-5H2,1H3/t7-,8-,10?/m0/s1. The maximum atomic E-state index is 11.3. The number of aliphatic hydroxyl groups excluding tert-OH is 1. The van der Waals surface area contributed by atoms with Crippen LogP contribution in [0.1, 0.15) is 32.6 Å². The second-order valence-corrected chi connectivity index (χ2v) is 3.84. The van der Waals surface area contributed by atoms with Crippen LogP contribution in [0, 0.1) is 23.2 Å². The van der Waals surface area contributed by atoms with E-state index in [4.69, 9.17) is 5.26 Å². The molecule has 0 aromatic rings. The maximum Gasteiger partial charge on any atom is 0.143 e. The number of aliphatic hydroxyl groups is 1. The summed E-state index contributed by atoms with van der Waals surface area (Å²) in [6.07, 6.45) is 2.32. The van der Waals surface area contributed by atoms with Crippen molar-refractivity contribution in [2.24, 2.45) is 11.8 Å². The molecule has 1 aliphatic rings. The van der Waals surface area contributed by atoms with Gasteiger partial charge in [0.05, 0.1) is 6.07 Å². The second-order valence-electron chi connectivity index (χ2n) is 3.84. The molecule has 1 unspecified atom stereocenters. The summed E-state index contributed by atoms with van der Waals surface area (Å²) in [6, 6.07) is 1.80. The van der Waals surface area contributed by atoms with Gasteiger partial charge in [-0.25, -0.2) is 0 Å². The highest BCUT2D eigenvalue weighted by Crippen LogP contribution is 2.28. The third kappa shape index (κ3) is 2.53. The molecule has 0 radical (unpaired) electrons. The lowest BCUT2D eigenvalue weighted by Crippen LogP contribution is -2.20. The van der Waals surface area contributed by atoms with Gasteiger partial charge < -0.3 is 5.11 Å². The van der Waals surface area contributed by atoms with E-state index in [-0.39, 0.29) is 11.8 Å². The predicted molar refractivity (Wildman–Crippen MR) is 47.7 cm³/mol. The first kappa shape index (κ1) is 10.2. The summed E-state index contributed by atoms with van der Waals surface area (Å²) < 4.78 is 0. The summed E-state index contributed by atoms with van der Waals surface area (Å²) in [5.74, 6) is 0.312. The van der Waals surface area contributed by atoms with Crippen molar-refractivity contribution in [3.8, 4) is 6.07 Å². The summed E-state index contributed by atoms with van der Waals surface area (Å²) in [5.41, 5.74) is 0. The van der Waals surface area contributed by atoms with Gasteiger partial charge in [0.25, 0.3) is 0 Å². The molecule has 0 heterocycles. The van der Waals surface area contributed by atoms with Gasteiger partial charge in [-0.2, -0.15) is 5.26 Å². The number of carbonyl (C=O) groups is 1. The molecule has 3 atom stereocenters. The molecule has 1 N–H and O–H groups in total. The molecule has 3 heteroatoms. The molecule has 0 amide bonds. The lowest BCUT2D eigenvalue weighted by atomic mass is 9.91. The molecule has 0 saturated heterocycles. The van der Waals surface area contributed by atoms with Crippen LogP contribution in [0.5, 0.6) is 0 Å². The molecule has 3 nitrogen and oxygen atoms in total. The summed E-state index contributed by atoms with van der Waals surface area (Å²) >= 11 is 0. The maximum absolute atomic E-state index is 11.3. The van der Waals surface area contributed by atoms with Crippen LogP contribution in [0.3, 0.4) is 0 Å². The molecule has 1 aliphatic carbocycles. The number of hydrogen-bond acceptors (Lipinski definition) is 3. The minimum absolute atomic E-state index is 0.0861. The van der Waals surface area contributed by atoms with Crippen molar-refractivity contribution in [1.29, 1.82) is 5.26 Å². The predicted octanol–water partition coefficient (Wildman–Crippen LogP) is 1.27. The summed E-state index contributed by atoms with van der Waals surface area (Å²) in [5, 5.41) is 17.7. The molecule has 1 fully saturated rings. The quantitative estimate of drug-likeness (QED) is 0.667. The normalized spacial score (nSPS) is 26.8. The zero-order valence-electron chi connectivity index (χ0n) is 7.86. The average Bonchev–Trinajstić information content (AvgIpc) is 2.50. The number of rotatable bonds is 3. The molecule has 72 valence electrons. The summed E-state index contributed by atoms with van der Waals surface area (Å²) in [7, 11) is 0. The Balaban J connectivity index is 2.40. The monoisotopic (exact) mass is 181 g/mol. The van der Waals surface area contributed by atoms with Gasteiger partial charge in [-0.15, -0.1) is 0 Å². The minimum Gasteiger partial charge on any atom is -0.378 e. The van der Waals surface area contributed by atoms with Crippen molar-refractivity contribution >= 4 is 5.78 Å². The van der Waals surface area contributed by atoms with Gasteiger partial charge in [-0.3, -0.25) is 4.79 Å². The number of carbonyl (C=O) groups excluding carboxylic acids is 1. The topological polar surface area (TPSA) is 61.1 Å². The van der Waals surface area contributed by atoms with Crippen molar-refractivity contribution in [3.63, 3.8) is 0 Å². The Bertz CT molecular complexity index is 232. The lowest BCUT2D eigenvalue weighted by Gasteiger charge is -2.15. The van der Waals surface area contributed by atoms with E-state index in [1.807, 2.05) is 6.92 Å². The largest absolute Gasteiger partial charge is 0.378 e. The van der Waals surface area contributed by atoms with Crippen molar-refractivity contribution in [2.45, 2.75) is 38.7 Å². The van der Waals surface area contributed by atoms with Crippen LogP contribution in [0.25, 0.3) is 0 Å². The van der Waals surface area contributed by atoms with Crippen LogP contribution in [0.15, 0.2) is 0 Å². The van der Waals surface area contributed by atoms with Crippen LogP contribution in [0.4, 0.5) is 0 Å². The van der Waals surface area contributed by atoms with E-state index in [1.54, 1.807) is 6.07 Å². The molecule has 0 aromatic heterocycles. The van der Waals surface area contributed by atoms with Crippen LogP contribution in [-0.2, 0) is 4.79 Å². The first-order valence-corrected chi connectivity index (χ1v) is 4.75. The Labute approximate surface area is 78.4 Å². The van der Waals surface area contributed by atoms with Gasteiger partial charge in [-0.05, 0) is 25.2 Å². The molecule has 0 bridgehead atoms. The summed E-state index contributed by atoms with van der Waals surface area (Å²) in [6.45, 7) is 1.82. The third-order valence-corrected chi connectivity index (χ3v) is 2.76. The van der Waals surface area contributed by atoms with Crippen LogP contribution in [-0.4, -0.2) is 17.0 Å². The van der Waals surface area contributed by atoms with E-state index >= 15 is 0 Å². The molecule has 1 rings (SSSR count). The van der Waals surface area contributed by atoms with E-state index in [0.717, 1.165) is 12.8 Å². The van der Waals surface area contributed by atoms with E-state index < -0.39 is 6.10 Å². The minimum atomic E-state index is -0.923. The number of ketones is 1. The molecule has 0 aliphatic heterocycles. The van der Waals surface area contributed by atoms with Gasteiger partial charge in [0.2, 0.25) is 0 Å². The summed E-state index contributed by atoms with van der Waals surface area (Å²) in [4.78, 5) is 11.3. The molecular weight excluding hydrogens is 166 g/mol. The van der Waals surface area contributed by atoms with E-state index in [1.165, 1.54) is 0 Å². The van der Waals surface area contributed by atoms with E-state index in [2.05, 4.69) is 0 Å². The highest BCUT2D eigenvalue weighted by atomic mass is 16.3. The Kier molecular flexibility index (Phi) is 3.44. The van der Waals surface area contributed by atoms with Crippen LogP contribution < -0.4 is 0 Å². The third-order valence-electron chi connectivity index (χ3n) is 2.76. The van der Waals surface area contributed by atoms with Gasteiger partial charge >= 0.3 is 0 Å². The fourth-order valence-corrected chi connectivity index (χ4v) is 1.84. The van der Waals surface area contributed by atoms with Crippen molar-refractivity contribution in [3.05, 3.63) is 0 Å². The Morgan fingerprint density at radius 1 is 1.77 bits per heavy atom. The first-order valence-electron chi connectivity index (χ1n) is 4.75. The number of hydrogen-bond donors (Lipinski definition) is 1. The average molecular weight is 181 g/mol. The number of nitrogens with zero attached hydrogens (tertiary/aromatic N) is 1. The Hall–Kier alpha value is -0.880. The fraction of sp³-hybridized carbons (Fsp3) is 0.800. The van der Waals surface area contributed by atoms with E-state index in [0.29, 0.717) is 18.6 Å². The van der Waals surface area contributed by atoms with Gasteiger partial charge in [-0.1, -0.05) is 6.92 Å². The van der Waals surface area contributed by atoms with Gasteiger partial charge in [0.1, 0.15) is 11.9 Å². The Morgan fingerprint density at radius 2 is 2.46 bits per heavy atom. The number of Topliss-reactive ketones (excluding diaryl/α,β-unsaturated/α-hetero) is 1. The Morgan fingerprint density at radius 3 is 2.92 bits per heavy atom.